The van der Waals surface area contributed by atoms with Crippen LogP contribution in [0.5, 0.6) is 0 Å². The number of carbonyl (C=O) groups is 2. The lowest BCUT2D eigenvalue weighted by atomic mass is 10.0. The SMILES string of the molecule is CN1CC(NC(=O)c2cc(F)c(F)c(F)c2)CCC1=O. The van der Waals surface area contributed by atoms with Gasteiger partial charge in [0.05, 0.1) is 0 Å². The zero-order valence-electron chi connectivity index (χ0n) is 10.8. The van der Waals surface area contributed by atoms with Crippen molar-refractivity contribution < 1.29 is 22.8 Å². The van der Waals surface area contributed by atoms with Crippen LogP contribution in [0.15, 0.2) is 12.1 Å². The fourth-order valence-corrected chi connectivity index (χ4v) is 2.09. The average molecular weight is 286 g/mol. The van der Waals surface area contributed by atoms with Crippen LogP contribution in [0.3, 0.4) is 0 Å². The summed E-state index contributed by atoms with van der Waals surface area (Å²) in [6.45, 7) is 0.330. The summed E-state index contributed by atoms with van der Waals surface area (Å²) < 4.78 is 38.9. The highest BCUT2D eigenvalue weighted by Crippen LogP contribution is 2.15. The third-order valence-corrected chi connectivity index (χ3v) is 3.21. The van der Waals surface area contributed by atoms with Crippen LogP contribution in [0.4, 0.5) is 13.2 Å². The molecule has 1 saturated heterocycles. The van der Waals surface area contributed by atoms with Crippen LogP contribution in [-0.4, -0.2) is 36.3 Å². The molecular formula is C13H13F3N2O2. The van der Waals surface area contributed by atoms with E-state index in [1.54, 1.807) is 7.05 Å². The first-order chi connectivity index (χ1) is 9.38. The molecule has 1 N–H and O–H groups in total. The Kier molecular flexibility index (Phi) is 3.96. The van der Waals surface area contributed by atoms with Gasteiger partial charge in [0.25, 0.3) is 5.91 Å². The van der Waals surface area contributed by atoms with E-state index in [1.165, 1.54) is 4.90 Å². The third kappa shape index (κ3) is 2.92. The highest BCUT2D eigenvalue weighted by Gasteiger charge is 2.25. The van der Waals surface area contributed by atoms with Gasteiger partial charge < -0.3 is 10.2 Å². The molecule has 108 valence electrons. The molecule has 0 aromatic heterocycles. The summed E-state index contributed by atoms with van der Waals surface area (Å²) in [5.41, 5.74) is -0.291. The number of piperidine rings is 1. The number of rotatable bonds is 2. The molecule has 1 aliphatic heterocycles. The Morgan fingerprint density at radius 1 is 1.30 bits per heavy atom. The topological polar surface area (TPSA) is 49.4 Å². The standard InChI is InChI=1S/C13H13F3N2O2/c1-18-6-8(2-3-11(18)19)17-13(20)7-4-9(14)12(16)10(15)5-7/h4-5,8H,2-3,6H2,1H3,(H,17,20). The van der Waals surface area contributed by atoms with Gasteiger partial charge in [-0.05, 0) is 18.6 Å². The van der Waals surface area contributed by atoms with E-state index >= 15 is 0 Å². The van der Waals surface area contributed by atoms with E-state index in [2.05, 4.69) is 5.32 Å². The normalized spacial score (nSPS) is 19.1. The van der Waals surface area contributed by atoms with Gasteiger partial charge in [-0.2, -0.15) is 0 Å². The van der Waals surface area contributed by atoms with Crippen molar-refractivity contribution in [2.24, 2.45) is 0 Å². The molecule has 0 radical (unpaired) electrons. The summed E-state index contributed by atoms with van der Waals surface area (Å²) in [5.74, 6) is -5.15. The number of benzene rings is 1. The van der Waals surface area contributed by atoms with Gasteiger partial charge in [0.15, 0.2) is 17.5 Å². The van der Waals surface area contributed by atoms with Crippen molar-refractivity contribution in [3.63, 3.8) is 0 Å². The maximum Gasteiger partial charge on any atom is 0.251 e. The van der Waals surface area contributed by atoms with Gasteiger partial charge in [-0.25, -0.2) is 13.2 Å². The van der Waals surface area contributed by atoms with Crippen molar-refractivity contribution in [3.8, 4) is 0 Å². The lowest BCUT2D eigenvalue weighted by Gasteiger charge is -2.30. The summed E-state index contributed by atoms with van der Waals surface area (Å²) >= 11 is 0. The zero-order chi connectivity index (χ0) is 14.9. The molecule has 2 rings (SSSR count). The van der Waals surface area contributed by atoms with E-state index in [-0.39, 0.29) is 17.5 Å². The van der Waals surface area contributed by atoms with Gasteiger partial charge in [0.1, 0.15) is 0 Å². The lowest BCUT2D eigenvalue weighted by molar-refractivity contribution is -0.132. The predicted molar refractivity (Wildman–Crippen MR) is 64.4 cm³/mol. The summed E-state index contributed by atoms with van der Waals surface area (Å²) in [7, 11) is 1.61. The van der Waals surface area contributed by atoms with E-state index < -0.39 is 23.4 Å². The molecule has 1 aliphatic rings. The number of likely N-dealkylation sites (N-methyl/N-ethyl adjacent to an activating group) is 1. The number of amides is 2. The molecule has 1 unspecified atom stereocenters. The molecule has 0 aliphatic carbocycles. The van der Waals surface area contributed by atoms with Crippen molar-refractivity contribution >= 4 is 11.8 Å². The second-order valence-corrected chi connectivity index (χ2v) is 4.74. The first-order valence-corrected chi connectivity index (χ1v) is 6.08. The van der Waals surface area contributed by atoms with Crippen molar-refractivity contribution in [3.05, 3.63) is 35.1 Å². The fourth-order valence-electron chi connectivity index (χ4n) is 2.09. The van der Waals surface area contributed by atoms with Crippen molar-refractivity contribution in [2.75, 3.05) is 13.6 Å². The molecule has 0 bridgehead atoms. The molecule has 0 spiro atoms. The van der Waals surface area contributed by atoms with Crippen LogP contribution in [0.2, 0.25) is 0 Å². The van der Waals surface area contributed by atoms with Crippen molar-refractivity contribution in [1.29, 1.82) is 0 Å². The largest absolute Gasteiger partial charge is 0.348 e. The number of likely N-dealkylation sites (tertiary alicyclic amines) is 1. The maximum absolute atomic E-state index is 13.0. The first kappa shape index (κ1) is 14.4. The van der Waals surface area contributed by atoms with E-state index in [1.807, 2.05) is 0 Å². The van der Waals surface area contributed by atoms with Gasteiger partial charge in [0, 0.05) is 31.6 Å². The van der Waals surface area contributed by atoms with Crippen LogP contribution >= 0.6 is 0 Å². The smallest absolute Gasteiger partial charge is 0.251 e. The minimum atomic E-state index is -1.61. The molecule has 7 heteroatoms. The lowest BCUT2D eigenvalue weighted by Crippen LogP contribution is -2.48. The summed E-state index contributed by atoms with van der Waals surface area (Å²) in [6, 6.07) is 0.998. The zero-order valence-corrected chi connectivity index (χ0v) is 10.8. The average Bonchev–Trinajstić information content (AvgIpc) is 2.39. The summed E-state index contributed by atoms with van der Waals surface area (Å²) in [4.78, 5) is 24.6. The highest BCUT2D eigenvalue weighted by atomic mass is 19.2. The molecule has 20 heavy (non-hydrogen) atoms. The second kappa shape index (κ2) is 5.52. The van der Waals surface area contributed by atoms with Crippen molar-refractivity contribution in [1.82, 2.24) is 10.2 Å². The van der Waals surface area contributed by atoms with Crippen LogP contribution in [0.1, 0.15) is 23.2 Å². The number of nitrogens with zero attached hydrogens (tertiary/aromatic N) is 1. The Labute approximate surface area is 113 Å². The Balaban J connectivity index is 2.07. The predicted octanol–water partition coefficient (Wildman–Crippen LogP) is 1.45. The van der Waals surface area contributed by atoms with E-state index in [0.29, 0.717) is 31.5 Å². The van der Waals surface area contributed by atoms with Gasteiger partial charge >= 0.3 is 0 Å². The number of hydrogen-bond donors (Lipinski definition) is 1. The minimum absolute atomic E-state index is 0.0191. The third-order valence-electron chi connectivity index (χ3n) is 3.21. The minimum Gasteiger partial charge on any atom is -0.348 e. The summed E-state index contributed by atoms with van der Waals surface area (Å²) in [5, 5.41) is 2.57. The van der Waals surface area contributed by atoms with Crippen molar-refractivity contribution in [2.45, 2.75) is 18.9 Å². The molecule has 1 atom stereocenters. The number of halogens is 3. The molecular weight excluding hydrogens is 273 g/mol. The van der Waals surface area contributed by atoms with Crippen LogP contribution < -0.4 is 5.32 Å². The monoisotopic (exact) mass is 286 g/mol. The Morgan fingerprint density at radius 2 is 1.90 bits per heavy atom. The van der Waals surface area contributed by atoms with Gasteiger partial charge in [-0.1, -0.05) is 0 Å². The quantitative estimate of drug-likeness (QED) is 0.837. The van der Waals surface area contributed by atoms with E-state index in [0.717, 1.165) is 0 Å². The van der Waals surface area contributed by atoms with Crippen LogP contribution in [0, 0.1) is 17.5 Å². The second-order valence-electron chi connectivity index (χ2n) is 4.74. The molecule has 4 nitrogen and oxygen atoms in total. The molecule has 2 amide bonds. The van der Waals surface area contributed by atoms with E-state index in [9.17, 15) is 22.8 Å². The van der Waals surface area contributed by atoms with Crippen LogP contribution in [0.25, 0.3) is 0 Å². The van der Waals surface area contributed by atoms with Gasteiger partial charge in [-0.15, -0.1) is 0 Å². The van der Waals surface area contributed by atoms with Crippen LogP contribution in [-0.2, 0) is 4.79 Å². The number of nitrogens with one attached hydrogen (secondary N) is 1. The number of hydrogen-bond acceptors (Lipinski definition) is 2. The molecule has 1 fully saturated rings. The maximum atomic E-state index is 13.0. The Morgan fingerprint density at radius 3 is 2.45 bits per heavy atom. The summed E-state index contributed by atoms with van der Waals surface area (Å²) in [6.07, 6.45) is 0.759. The highest BCUT2D eigenvalue weighted by molar-refractivity contribution is 5.94. The first-order valence-electron chi connectivity index (χ1n) is 6.08. The Bertz CT molecular complexity index is 540. The fraction of sp³-hybridized carbons (Fsp3) is 0.385. The molecule has 1 heterocycles. The molecule has 0 saturated carbocycles. The van der Waals surface area contributed by atoms with E-state index in [4.69, 9.17) is 0 Å². The van der Waals surface area contributed by atoms with Gasteiger partial charge in [-0.3, -0.25) is 9.59 Å². The Hall–Kier alpha value is -2.05. The van der Waals surface area contributed by atoms with Gasteiger partial charge in [0.2, 0.25) is 5.91 Å². The molecule has 1 aromatic carbocycles. The molecule has 1 aromatic rings. The number of carbonyl (C=O) groups excluding carboxylic acids is 2.